The number of carboxylic acids is 1. The molecule has 1 heterocycles. The molecule has 0 spiro atoms. The summed E-state index contributed by atoms with van der Waals surface area (Å²) in [6, 6.07) is 7.08. The molecule has 0 atom stereocenters. The normalized spacial score (nSPS) is 10.2. The summed E-state index contributed by atoms with van der Waals surface area (Å²) in [6.45, 7) is 1.74. The summed E-state index contributed by atoms with van der Waals surface area (Å²) in [5.41, 5.74) is 0.602. The van der Waals surface area contributed by atoms with Crippen molar-refractivity contribution < 1.29 is 24.0 Å². The monoisotopic (exact) mass is 277 g/mol. The van der Waals surface area contributed by atoms with E-state index in [9.17, 15) is 14.9 Å². The first-order valence-corrected chi connectivity index (χ1v) is 5.67. The first-order valence-electron chi connectivity index (χ1n) is 5.67. The minimum Gasteiger partial charge on any atom is -0.485 e. The highest BCUT2D eigenvalue weighted by Crippen LogP contribution is 2.24. The van der Waals surface area contributed by atoms with E-state index >= 15 is 0 Å². The number of nitro groups is 1. The number of nitro benzene ring substituents is 1. The van der Waals surface area contributed by atoms with Gasteiger partial charge < -0.3 is 14.3 Å². The lowest BCUT2D eigenvalue weighted by Gasteiger charge is -2.07. The molecule has 2 rings (SSSR count). The van der Waals surface area contributed by atoms with Crippen molar-refractivity contribution in [3.63, 3.8) is 0 Å². The zero-order valence-electron chi connectivity index (χ0n) is 10.5. The number of non-ortho nitro benzene ring substituents is 1. The van der Waals surface area contributed by atoms with Gasteiger partial charge in [0.15, 0.2) is 0 Å². The van der Waals surface area contributed by atoms with Crippen LogP contribution in [0.2, 0.25) is 0 Å². The van der Waals surface area contributed by atoms with Crippen LogP contribution in [-0.4, -0.2) is 16.0 Å². The number of hydrogen-bond acceptors (Lipinski definition) is 5. The van der Waals surface area contributed by atoms with Gasteiger partial charge in [-0.25, -0.2) is 4.79 Å². The van der Waals surface area contributed by atoms with Crippen LogP contribution in [0, 0.1) is 17.0 Å². The Morgan fingerprint density at radius 1 is 1.40 bits per heavy atom. The van der Waals surface area contributed by atoms with Gasteiger partial charge in [-0.05, 0) is 30.7 Å². The van der Waals surface area contributed by atoms with Crippen LogP contribution in [0.15, 0.2) is 34.7 Å². The molecule has 0 saturated heterocycles. The SMILES string of the molecule is Cc1cc([N+](=O)[O-])ccc1OCc1ccc(C(=O)O)o1. The number of ether oxygens (including phenoxy) is 1. The second kappa shape index (κ2) is 5.43. The molecule has 1 aromatic carbocycles. The number of furan rings is 1. The largest absolute Gasteiger partial charge is 0.485 e. The number of rotatable bonds is 5. The van der Waals surface area contributed by atoms with Gasteiger partial charge in [0.2, 0.25) is 5.76 Å². The molecular formula is C13H11NO6. The third-order valence-corrected chi connectivity index (χ3v) is 2.61. The Balaban J connectivity index is 2.06. The lowest BCUT2D eigenvalue weighted by molar-refractivity contribution is -0.384. The third kappa shape index (κ3) is 2.94. The van der Waals surface area contributed by atoms with Crippen molar-refractivity contribution in [1.29, 1.82) is 0 Å². The summed E-state index contributed by atoms with van der Waals surface area (Å²) >= 11 is 0. The molecule has 1 aromatic heterocycles. The topological polar surface area (TPSA) is 103 Å². The second-order valence-corrected chi connectivity index (χ2v) is 4.07. The van der Waals surface area contributed by atoms with Crippen LogP contribution in [0.4, 0.5) is 5.69 Å². The van der Waals surface area contributed by atoms with E-state index in [0.29, 0.717) is 17.1 Å². The first-order chi connectivity index (χ1) is 9.47. The van der Waals surface area contributed by atoms with E-state index < -0.39 is 10.9 Å². The van der Waals surface area contributed by atoms with E-state index in [1.807, 2.05) is 0 Å². The average Bonchev–Trinajstić information content (AvgIpc) is 2.86. The molecule has 104 valence electrons. The molecule has 1 N–H and O–H groups in total. The summed E-state index contributed by atoms with van der Waals surface area (Å²) in [7, 11) is 0. The Morgan fingerprint density at radius 3 is 2.70 bits per heavy atom. The molecule has 20 heavy (non-hydrogen) atoms. The number of aryl methyl sites for hydroxylation is 1. The van der Waals surface area contributed by atoms with E-state index in [4.69, 9.17) is 14.3 Å². The van der Waals surface area contributed by atoms with Crippen LogP contribution >= 0.6 is 0 Å². The van der Waals surface area contributed by atoms with Gasteiger partial charge in [-0.2, -0.15) is 0 Å². The van der Waals surface area contributed by atoms with Gasteiger partial charge in [-0.3, -0.25) is 10.1 Å². The summed E-state index contributed by atoms with van der Waals surface area (Å²) in [5.74, 6) is -0.476. The zero-order chi connectivity index (χ0) is 14.7. The molecule has 0 aliphatic rings. The van der Waals surface area contributed by atoms with Crippen molar-refractivity contribution in [3.05, 3.63) is 57.5 Å². The Bertz CT molecular complexity index is 661. The smallest absolute Gasteiger partial charge is 0.371 e. The summed E-state index contributed by atoms with van der Waals surface area (Å²) in [5, 5.41) is 19.3. The molecule has 0 aliphatic carbocycles. The first kappa shape index (κ1) is 13.6. The van der Waals surface area contributed by atoms with Crippen LogP contribution in [0.1, 0.15) is 21.9 Å². The summed E-state index contributed by atoms with van der Waals surface area (Å²) in [6.07, 6.45) is 0. The molecular weight excluding hydrogens is 266 g/mol. The third-order valence-electron chi connectivity index (χ3n) is 2.61. The molecule has 0 bridgehead atoms. The van der Waals surface area contributed by atoms with Crippen molar-refractivity contribution in [1.82, 2.24) is 0 Å². The molecule has 7 nitrogen and oxygen atoms in total. The lowest BCUT2D eigenvalue weighted by atomic mass is 10.2. The van der Waals surface area contributed by atoms with Gasteiger partial charge in [-0.15, -0.1) is 0 Å². The fourth-order valence-corrected chi connectivity index (χ4v) is 1.63. The van der Waals surface area contributed by atoms with Gasteiger partial charge in [0.1, 0.15) is 18.1 Å². The fourth-order valence-electron chi connectivity index (χ4n) is 1.63. The lowest BCUT2D eigenvalue weighted by Crippen LogP contribution is -1.97. The molecule has 2 aromatic rings. The minimum atomic E-state index is -1.15. The van der Waals surface area contributed by atoms with Crippen molar-refractivity contribution in [2.75, 3.05) is 0 Å². The number of aromatic carboxylic acids is 1. The zero-order valence-corrected chi connectivity index (χ0v) is 10.5. The van der Waals surface area contributed by atoms with E-state index in [1.165, 1.54) is 30.3 Å². The van der Waals surface area contributed by atoms with E-state index in [0.717, 1.165) is 0 Å². The fraction of sp³-hybridized carbons (Fsp3) is 0.154. The van der Waals surface area contributed by atoms with E-state index in [-0.39, 0.29) is 18.1 Å². The maximum atomic E-state index is 10.6. The Morgan fingerprint density at radius 2 is 2.15 bits per heavy atom. The van der Waals surface area contributed by atoms with Gasteiger partial charge in [0.25, 0.3) is 5.69 Å². The quantitative estimate of drug-likeness (QED) is 0.665. The highest BCUT2D eigenvalue weighted by atomic mass is 16.6. The van der Waals surface area contributed by atoms with Crippen molar-refractivity contribution in [2.24, 2.45) is 0 Å². The maximum absolute atomic E-state index is 10.6. The highest BCUT2D eigenvalue weighted by Gasteiger charge is 2.11. The van der Waals surface area contributed by atoms with Crippen molar-refractivity contribution in [3.8, 4) is 5.75 Å². The molecule has 0 unspecified atom stereocenters. The second-order valence-electron chi connectivity index (χ2n) is 4.07. The van der Waals surface area contributed by atoms with Gasteiger partial charge in [0, 0.05) is 12.1 Å². The number of benzene rings is 1. The van der Waals surface area contributed by atoms with Gasteiger partial charge in [0.05, 0.1) is 4.92 Å². The Hall–Kier alpha value is -2.83. The maximum Gasteiger partial charge on any atom is 0.371 e. The summed E-state index contributed by atoms with van der Waals surface area (Å²) < 4.78 is 10.5. The molecule has 7 heteroatoms. The molecule has 0 radical (unpaired) electrons. The average molecular weight is 277 g/mol. The van der Waals surface area contributed by atoms with Crippen LogP contribution in [0.5, 0.6) is 5.75 Å². The minimum absolute atomic E-state index is 0.0130. The van der Waals surface area contributed by atoms with Crippen molar-refractivity contribution in [2.45, 2.75) is 13.5 Å². The number of nitrogens with zero attached hydrogens (tertiary/aromatic N) is 1. The number of carboxylic acid groups (broad SMARTS) is 1. The summed E-state index contributed by atoms with van der Waals surface area (Å²) in [4.78, 5) is 20.8. The standard InChI is InChI=1S/C13H11NO6/c1-8-6-9(14(17)18)2-4-11(8)19-7-10-3-5-12(20-10)13(15)16/h2-6H,7H2,1H3,(H,15,16). The van der Waals surface area contributed by atoms with Crippen LogP contribution in [0.25, 0.3) is 0 Å². The van der Waals surface area contributed by atoms with Gasteiger partial charge >= 0.3 is 5.97 Å². The van der Waals surface area contributed by atoms with E-state index in [1.54, 1.807) is 6.92 Å². The molecule has 0 aliphatic heterocycles. The highest BCUT2D eigenvalue weighted by molar-refractivity contribution is 5.84. The van der Waals surface area contributed by atoms with Crippen LogP contribution in [0.3, 0.4) is 0 Å². The molecule has 0 saturated carbocycles. The predicted octanol–water partition coefficient (Wildman–Crippen LogP) is 2.77. The Kier molecular flexibility index (Phi) is 3.69. The van der Waals surface area contributed by atoms with Gasteiger partial charge in [-0.1, -0.05) is 0 Å². The predicted molar refractivity (Wildman–Crippen MR) is 67.8 cm³/mol. The van der Waals surface area contributed by atoms with Crippen molar-refractivity contribution >= 4 is 11.7 Å². The number of hydrogen-bond donors (Lipinski definition) is 1. The molecule has 0 amide bonds. The molecule has 0 fully saturated rings. The Labute approximate surface area is 113 Å². The van der Waals surface area contributed by atoms with E-state index in [2.05, 4.69) is 0 Å². The number of carbonyl (C=O) groups is 1. The van der Waals surface area contributed by atoms with Crippen LogP contribution < -0.4 is 4.74 Å². The van der Waals surface area contributed by atoms with Crippen LogP contribution in [-0.2, 0) is 6.61 Å².